The van der Waals surface area contributed by atoms with Crippen molar-refractivity contribution in [3.8, 4) is 6.07 Å². The fourth-order valence-electron chi connectivity index (χ4n) is 2.70. The van der Waals surface area contributed by atoms with Gasteiger partial charge in [-0.3, -0.25) is 9.59 Å². The molecule has 0 aromatic heterocycles. The van der Waals surface area contributed by atoms with Crippen molar-refractivity contribution in [1.29, 1.82) is 5.26 Å². The van der Waals surface area contributed by atoms with Crippen LogP contribution in [0.1, 0.15) is 34.0 Å². The van der Waals surface area contributed by atoms with Crippen molar-refractivity contribution in [2.45, 2.75) is 19.9 Å². The van der Waals surface area contributed by atoms with E-state index in [9.17, 15) is 9.59 Å². The second-order valence-electron chi connectivity index (χ2n) is 5.37. The molecule has 0 saturated carbocycles. The maximum absolute atomic E-state index is 12.2. The van der Waals surface area contributed by atoms with Crippen LogP contribution in [0.4, 0.5) is 5.69 Å². The molecule has 0 fully saturated rings. The fourth-order valence-corrected chi connectivity index (χ4v) is 2.70. The summed E-state index contributed by atoms with van der Waals surface area (Å²) in [6, 6.07) is 14.7. The molecule has 0 bridgehead atoms. The number of nitriles is 1. The lowest BCUT2D eigenvalue weighted by Crippen LogP contribution is -2.26. The molecule has 0 unspecified atom stereocenters. The summed E-state index contributed by atoms with van der Waals surface area (Å²) in [6.07, 6.45) is 0.314. The number of carbonyl (C=O) groups is 2. The number of fused-ring (bicyclic) bond motifs is 1. The second-order valence-corrected chi connectivity index (χ2v) is 5.37. The molecule has 4 nitrogen and oxygen atoms in total. The summed E-state index contributed by atoms with van der Waals surface area (Å²) in [7, 11) is 0. The van der Waals surface area contributed by atoms with Crippen molar-refractivity contribution in [3.63, 3.8) is 0 Å². The van der Waals surface area contributed by atoms with Gasteiger partial charge < -0.3 is 4.90 Å². The second kappa shape index (κ2) is 5.45. The topological polar surface area (TPSA) is 61.2 Å². The highest BCUT2D eigenvalue weighted by Gasteiger charge is 2.27. The third-order valence-corrected chi connectivity index (χ3v) is 3.82. The molecular weight excluding hydrogens is 276 g/mol. The molecule has 3 rings (SSSR count). The molecule has 1 aliphatic heterocycles. The van der Waals surface area contributed by atoms with Gasteiger partial charge in [0.25, 0.3) is 0 Å². The monoisotopic (exact) mass is 290 g/mol. The lowest BCUT2D eigenvalue weighted by Gasteiger charge is -2.18. The van der Waals surface area contributed by atoms with Gasteiger partial charge in [0.2, 0.25) is 5.91 Å². The first-order chi connectivity index (χ1) is 10.6. The van der Waals surface area contributed by atoms with Gasteiger partial charge >= 0.3 is 0 Å². The van der Waals surface area contributed by atoms with Crippen molar-refractivity contribution >= 4 is 17.4 Å². The molecular formula is C18H14N2O2. The van der Waals surface area contributed by atoms with E-state index in [0.29, 0.717) is 24.1 Å². The highest BCUT2D eigenvalue weighted by Crippen LogP contribution is 2.31. The lowest BCUT2D eigenvalue weighted by atomic mass is 10.1. The largest absolute Gasteiger partial charge is 0.307 e. The van der Waals surface area contributed by atoms with Crippen LogP contribution in [0.3, 0.4) is 0 Å². The standard InChI is InChI=1S/C18H14N2O2/c1-12(21)15-5-6-17-16(8-15)9-18(22)20(17)11-14-4-2-3-13(7-14)10-19/h2-8H,9,11H2,1H3. The van der Waals surface area contributed by atoms with E-state index in [0.717, 1.165) is 16.8 Å². The summed E-state index contributed by atoms with van der Waals surface area (Å²) in [6.45, 7) is 1.95. The van der Waals surface area contributed by atoms with Crippen LogP contribution < -0.4 is 4.90 Å². The Labute approximate surface area is 128 Å². The molecule has 4 heteroatoms. The van der Waals surface area contributed by atoms with Crippen molar-refractivity contribution in [1.82, 2.24) is 0 Å². The molecule has 1 heterocycles. The summed E-state index contributed by atoms with van der Waals surface area (Å²) in [5.74, 6) is 0.00785. The smallest absolute Gasteiger partial charge is 0.231 e. The minimum absolute atomic E-state index is 0.00424. The van der Waals surface area contributed by atoms with Gasteiger partial charge in [0.05, 0.1) is 24.6 Å². The van der Waals surface area contributed by atoms with Crippen molar-refractivity contribution in [2.75, 3.05) is 4.90 Å². The minimum Gasteiger partial charge on any atom is -0.307 e. The number of anilines is 1. The predicted molar refractivity (Wildman–Crippen MR) is 82.5 cm³/mol. The number of ketones is 1. The van der Waals surface area contributed by atoms with Crippen LogP contribution in [0.25, 0.3) is 0 Å². The van der Waals surface area contributed by atoms with Crippen LogP contribution in [0.5, 0.6) is 0 Å². The van der Waals surface area contributed by atoms with E-state index < -0.39 is 0 Å². The molecule has 108 valence electrons. The molecule has 0 radical (unpaired) electrons. The van der Waals surface area contributed by atoms with E-state index in [1.165, 1.54) is 6.92 Å². The average molecular weight is 290 g/mol. The molecule has 2 aromatic carbocycles. The van der Waals surface area contributed by atoms with Crippen molar-refractivity contribution in [2.24, 2.45) is 0 Å². The van der Waals surface area contributed by atoms with E-state index in [1.54, 1.807) is 29.2 Å². The van der Waals surface area contributed by atoms with E-state index >= 15 is 0 Å². The summed E-state index contributed by atoms with van der Waals surface area (Å²) in [5, 5.41) is 8.95. The number of benzene rings is 2. The quantitative estimate of drug-likeness (QED) is 0.817. The van der Waals surface area contributed by atoms with Crippen LogP contribution in [0.2, 0.25) is 0 Å². The zero-order valence-corrected chi connectivity index (χ0v) is 12.2. The number of hydrogen-bond acceptors (Lipinski definition) is 3. The lowest BCUT2D eigenvalue weighted by molar-refractivity contribution is -0.117. The third kappa shape index (κ3) is 2.49. The van der Waals surface area contributed by atoms with Crippen LogP contribution in [-0.2, 0) is 17.8 Å². The Morgan fingerprint density at radius 3 is 2.82 bits per heavy atom. The highest BCUT2D eigenvalue weighted by atomic mass is 16.2. The van der Waals surface area contributed by atoms with Gasteiger partial charge in [0.1, 0.15) is 0 Å². The number of carbonyl (C=O) groups excluding carboxylic acids is 2. The molecule has 0 N–H and O–H groups in total. The average Bonchev–Trinajstić information content (AvgIpc) is 2.82. The Kier molecular flexibility index (Phi) is 3.48. The molecule has 22 heavy (non-hydrogen) atoms. The first kappa shape index (κ1) is 14.0. The maximum Gasteiger partial charge on any atom is 0.231 e. The van der Waals surface area contributed by atoms with Gasteiger partial charge in [-0.25, -0.2) is 0 Å². The number of rotatable bonds is 3. The van der Waals surface area contributed by atoms with Crippen molar-refractivity contribution < 1.29 is 9.59 Å². The summed E-state index contributed by atoms with van der Waals surface area (Å²) < 4.78 is 0. The summed E-state index contributed by atoms with van der Waals surface area (Å²) in [5.41, 5.74) is 3.85. The van der Waals surface area contributed by atoms with Crippen LogP contribution in [0.15, 0.2) is 42.5 Å². The third-order valence-electron chi connectivity index (χ3n) is 3.82. The van der Waals surface area contributed by atoms with Crippen LogP contribution >= 0.6 is 0 Å². The number of Topliss-reactive ketones (excluding diaryl/α,β-unsaturated/α-hetero) is 1. The fraction of sp³-hybridized carbons (Fsp3) is 0.167. The predicted octanol–water partition coefficient (Wildman–Crippen LogP) is 2.85. The number of nitrogens with zero attached hydrogens (tertiary/aromatic N) is 2. The summed E-state index contributed by atoms with van der Waals surface area (Å²) >= 11 is 0. The van der Waals surface area contributed by atoms with Gasteiger partial charge in [-0.05, 0) is 48.4 Å². The van der Waals surface area contributed by atoms with Crippen molar-refractivity contribution in [3.05, 3.63) is 64.7 Å². The summed E-state index contributed by atoms with van der Waals surface area (Å²) in [4.78, 5) is 25.4. The van der Waals surface area contributed by atoms with Crippen LogP contribution in [0, 0.1) is 11.3 Å². The first-order valence-electron chi connectivity index (χ1n) is 7.02. The van der Waals surface area contributed by atoms with Gasteiger partial charge in [-0.1, -0.05) is 12.1 Å². The molecule has 0 atom stereocenters. The Morgan fingerprint density at radius 2 is 2.09 bits per heavy atom. The van der Waals surface area contributed by atoms with Crippen LogP contribution in [-0.4, -0.2) is 11.7 Å². The van der Waals surface area contributed by atoms with E-state index in [2.05, 4.69) is 6.07 Å². The molecule has 0 spiro atoms. The number of hydrogen-bond donors (Lipinski definition) is 0. The van der Waals surface area contributed by atoms with E-state index in [4.69, 9.17) is 5.26 Å². The van der Waals surface area contributed by atoms with Gasteiger partial charge in [0, 0.05) is 11.3 Å². The molecule has 1 aliphatic rings. The Hall–Kier alpha value is -2.93. The zero-order valence-electron chi connectivity index (χ0n) is 12.2. The van der Waals surface area contributed by atoms with Gasteiger partial charge in [-0.15, -0.1) is 0 Å². The molecule has 0 saturated heterocycles. The van der Waals surface area contributed by atoms with E-state index in [1.807, 2.05) is 18.2 Å². The number of amides is 1. The Morgan fingerprint density at radius 1 is 1.27 bits per heavy atom. The van der Waals surface area contributed by atoms with Gasteiger partial charge in [0.15, 0.2) is 5.78 Å². The molecule has 2 aromatic rings. The SMILES string of the molecule is CC(=O)c1ccc2c(c1)CC(=O)N2Cc1cccc(C#N)c1. The first-order valence-corrected chi connectivity index (χ1v) is 7.02. The zero-order chi connectivity index (χ0) is 15.7. The normalized spacial score (nSPS) is 12.9. The molecule has 1 amide bonds. The van der Waals surface area contributed by atoms with Gasteiger partial charge in [-0.2, -0.15) is 5.26 Å². The maximum atomic E-state index is 12.2. The van der Waals surface area contributed by atoms with E-state index in [-0.39, 0.29) is 11.7 Å². The Balaban J connectivity index is 1.92. The Bertz CT molecular complexity index is 818. The molecule has 0 aliphatic carbocycles. The highest BCUT2D eigenvalue weighted by molar-refractivity contribution is 6.03. The minimum atomic E-state index is -0.00424.